The van der Waals surface area contributed by atoms with Crippen molar-refractivity contribution in [1.82, 2.24) is 5.32 Å². The molecule has 2 rings (SSSR count). The largest absolute Gasteiger partial charge is 0.396 e. The van der Waals surface area contributed by atoms with Gasteiger partial charge in [0.15, 0.2) is 0 Å². The summed E-state index contributed by atoms with van der Waals surface area (Å²) < 4.78 is 13.0. The van der Waals surface area contributed by atoms with Crippen LogP contribution in [0.1, 0.15) is 32.6 Å². The van der Waals surface area contributed by atoms with Gasteiger partial charge >= 0.3 is 0 Å². The van der Waals surface area contributed by atoms with Crippen LogP contribution in [0.25, 0.3) is 0 Å². The Morgan fingerprint density at radius 3 is 2.86 bits per heavy atom. The Labute approximate surface area is 124 Å². The van der Waals surface area contributed by atoms with Crippen molar-refractivity contribution >= 4 is 11.6 Å². The Morgan fingerprint density at radius 2 is 2.24 bits per heavy atom. The number of benzene rings is 1. The zero-order chi connectivity index (χ0) is 15.2. The lowest BCUT2D eigenvalue weighted by atomic mass is 10.1. The van der Waals surface area contributed by atoms with E-state index in [9.17, 15) is 9.18 Å². The van der Waals surface area contributed by atoms with E-state index in [-0.39, 0.29) is 30.4 Å². The van der Waals surface area contributed by atoms with Crippen LogP contribution in [-0.2, 0) is 4.79 Å². The Bertz CT molecular complexity index is 477. The van der Waals surface area contributed by atoms with E-state index in [1.165, 1.54) is 25.0 Å². The number of hydrogen-bond donors (Lipinski definition) is 3. The van der Waals surface area contributed by atoms with Gasteiger partial charge in [-0.2, -0.15) is 0 Å². The average molecular weight is 294 g/mol. The number of aliphatic hydroxyl groups is 1. The van der Waals surface area contributed by atoms with Gasteiger partial charge in [0, 0.05) is 30.8 Å². The van der Waals surface area contributed by atoms with Crippen LogP contribution in [-0.4, -0.2) is 29.7 Å². The van der Waals surface area contributed by atoms with Gasteiger partial charge in [0.25, 0.3) is 0 Å². The molecule has 1 aliphatic carbocycles. The third-order valence-corrected chi connectivity index (χ3v) is 3.73. The first-order valence-electron chi connectivity index (χ1n) is 7.51. The van der Waals surface area contributed by atoms with Gasteiger partial charge in [-0.15, -0.1) is 0 Å². The number of anilines is 1. The number of rotatable bonds is 8. The molecule has 0 bridgehead atoms. The first-order chi connectivity index (χ1) is 10.1. The molecule has 0 radical (unpaired) electrons. The summed E-state index contributed by atoms with van der Waals surface area (Å²) in [4.78, 5) is 11.9. The zero-order valence-electron chi connectivity index (χ0n) is 12.3. The fourth-order valence-corrected chi connectivity index (χ4v) is 2.57. The molecule has 1 fully saturated rings. The van der Waals surface area contributed by atoms with E-state index in [1.807, 2.05) is 6.92 Å². The molecule has 0 aliphatic heterocycles. The van der Waals surface area contributed by atoms with E-state index in [4.69, 9.17) is 5.11 Å². The minimum atomic E-state index is -0.365. The Balaban J connectivity index is 1.78. The van der Waals surface area contributed by atoms with Crippen LogP contribution in [0, 0.1) is 11.7 Å². The van der Waals surface area contributed by atoms with Gasteiger partial charge < -0.3 is 15.7 Å². The number of carbonyl (C=O) groups excluding carboxylic acids is 1. The molecule has 2 atom stereocenters. The molecule has 1 aromatic rings. The lowest BCUT2D eigenvalue weighted by Gasteiger charge is -2.22. The smallest absolute Gasteiger partial charge is 0.225 e. The van der Waals surface area contributed by atoms with Gasteiger partial charge in [-0.05, 0) is 50.3 Å². The highest BCUT2D eigenvalue weighted by Gasteiger charge is 2.31. The van der Waals surface area contributed by atoms with Crippen molar-refractivity contribution in [2.75, 3.05) is 11.9 Å². The molecule has 5 heteroatoms. The van der Waals surface area contributed by atoms with Gasteiger partial charge in [-0.1, -0.05) is 6.07 Å². The molecule has 2 unspecified atom stereocenters. The minimum Gasteiger partial charge on any atom is -0.396 e. The maximum absolute atomic E-state index is 13.0. The van der Waals surface area contributed by atoms with E-state index >= 15 is 0 Å². The van der Waals surface area contributed by atoms with E-state index in [1.54, 1.807) is 12.1 Å². The molecule has 0 heterocycles. The quantitative estimate of drug-likeness (QED) is 0.689. The van der Waals surface area contributed by atoms with E-state index in [0.717, 1.165) is 6.42 Å². The predicted octanol–water partition coefficient (Wildman–Crippen LogP) is 2.29. The normalized spacial score (nSPS) is 17.3. The number of aliphatic hydroxyl groups excluding tert-OH is 1. The molecular formula is C16H23FN2O2. The van der Waals surface area contributed by atoms with Crippen LogP contribution >= 0.6 is 0 Å². The summed E-state index contributed by atoms with van der Waals surface area (Å²) in [6.45, 7) is 2.12. The second-order valence-corrected chi connectivity index (χ2v) is 5.79. The van der Waals surface area contributed by atoms with Crippen molar-refractivity contribution in [2.24, 2.45) is 5.92 Å². The molecule has 1 aliphatic rings. The molecule has 0 aromatic heterocycles. The number of carbonyl (C=O) groups is 1. The van der Waals surface area contributed by atoms with Crippen molar-refractivity contribution in [2.45, 2.75) is 44.7 Å². The lowest BCUT2D eigenvalue weighted by Crippen LogP contribution is -2.40. The van der Waals surface area contributed by atoms with E-state index < -0.39 is 0 Å². The summed E-state index contributed by atoms with van der Waals surface area (Å²) >= 11 is 0. The summed E-state index contributed by atoms with van der Waals surface area (Å²) in [5, 5.41) is 15.2. The molecule has 0 saturated heterocycles. The van der Waals surface area contributed by atoms with Crippen LogP contribution in [0.3, 0.4) is 0 Å². The third-order valence-electron chi connectivity index (χ3n) is 3.73. The van der Waals surface area contributed by atoms with Crippen LogP contribution in [0.5, 0.6) is 0 Å². The maximum atomic E-state index is 13.0. The van der Waals surface area contributed by atoms with Crippen molar-refractivity contribution in [3.63, 3.8) is 0 Å². The molecule has 3 N–H and O–H groups in total. The fraction of sp³-hybridized carbons (Fsp3) is 0.562. The first-order valence-corrected chi connectivity index (χ1v) is 7.51. The number of halogens is 1. The number of hydrogen-bond acceptors (Lipinski definition) is 3. The highest BCUT2D eigenvalue weighted by molar-refractivity contribution is 5.91. The van der Waals surface area contributed by atoms with E-state index in [2.05, 4.69) is 10.6 Å². The molecule has 1 amide bonds. The van der Waals surface area contributed by atoms with Gasteiger partial charge in [0.1, 0.15) is 5.82 Å². The summed E-state index contributed by atoms with van der Waals surface area (Å²) in [7, 11) is 0. The summed E-state index contributed by atoms with van der Waals surface area (Å²) in [5.74, 6) is 0.126. The summed E-state index contributed by atoms with van der Waals surface area (Å²) in [6.07, 6.45) is 3.44. The summed E-state index contributed by atoms with van der Waals surface area (Å²) in [5.41, 5.74) is 0.473. The second kappa shape index (κ2) is 7.52. The fourth-order valence-electron chi connectivity index (χ4n) is 2.57. The topological polar surface area (TPSA) is 61.4 Å². The van der Waals surface area contributed by atoms with Crippen molar-refractivity contribution in [3.8, 4) is 0 Å². The monoisotopic (exact) mass is 294 g/mol. The van der Waals surface area contributed by atoms with Gasteiger partial charge in [0.2, 0.25) is 5.91 Å². The Kier molecular flexibility index (Phi) is 5.70. The Hall–Kier alpha value is -1.46. The summed E-state index contributed by atoms with van der Waals surface area (Å²) in [6, 6.07) is 6.18. The van der Waals surface area contributed by atoms with Gasteiger partial charge in [-0.25, -0.2) is 4.39 Å². The Morgan fingerprint density at radius 1 is 1.48 bits per heavy atom. The second-order valence-electron chi connectivity index (χ2n) is 5.79. The molecule has 0 spiro atoms. The van der Waals surface area contributed by atoms with Crippen LogP contribution < -0.4 is 10.6 Å². The van der Waals surface area contributed by atoms with E-state index in [0.29, 0.717) is 18.0 Å². The number of amides is 1. The first kappa shape index (κ1) is 15.9. The highest BCUT2D eigenvalue weighted by atomic mass is 19.1. The van der Waals surface area contributed by atoms with Crippen molar-refractivity contribution in [3.05, 3.63) is 30.1 Å². The molecule has 21 heavy (non-hydrogen) atoms. The minimum absolute atomic E-state index is 0.0238. The van der Waals surface area contributed by atoms with Crippen LogP contribution in [0.4, 0.5) is 10.1 Å². The molecule has 4 nitrogen and oxygen atoms in total. The van der Waals surface area contributed by atoms with Crippen molar-refractivity contribution < 1.29 is 14.3 Å². The standard InChI is InChI=1S/C16H23FN2O2/c1-11(18-15(7-8-20)12-5-6-12)9-16(21)19-14-4-2-3-13(17)10-14/h2-4,10-12,15,18,20H,5-9H2,1H3,(H,19,21). The van der Waals surface area contributed by atoms with Gasteiger partial charge in [-0.3, -0.25) is 4.79 Å². The highest BCUT2D eigenvalue weighted by Crippen LogP contribution is 2.34. The molecule has 1 aromatic carbocycles. The number of nitrogens with one attached hydrogen (secondary N) is 2. The lowest BCUT2D eigenvalue weighted by molar-refractivity contribution is -0.116. The van der Waals surface area contributed by atoms with Crippen LogP contribution in [0.15, 0.2) is 24.3 Å². The average Bonchev–Trinajstić information content (AvgIpc) is 3.22. The SMILES string of the molecule is CC(CC(=O)Nc1cccc(F)c1)NC(CCO)C1CC1. The third kappa shape index (κ3) is 5.44. The van der Waals surface area contributed by atoms with Crippen LogP contribution in [0.2, 0.25) is 0 Å². The molecular weight excluding hydrogens is 271 g/mol. The van der Waals surface area contributed by atoms with Crippen molar-refractivity contribution in [1.29, 1.82) is 0 Å². The predicted molar refractivity (Wildman–Crippen MR) is 80.5 cm³/mol. The molecule has 1 saturated carbocycles. The maximum Gasteiger partial charge on any atom is 0.225 e. The molecule has 116 valence electrons. The zero-order valence-corrected chi connectivity index (χ0v) is 12.3. The van der Waals surface area contributed by atoms with Gasteiger partial charge in [0.05, 0.1) is 0 Å².